The first-order valence-corrected chi connectivity index (χ1v) is 34.1. The van der Waals surface area contributed by atoms with Crippen molar-refractivity contribution in [3.05, 3.63) is 259 Å². The van der Waals surface area contributed by atoms with E-state index >= 15 is 0 Å². The molecule has 0 aliphatic carbocycles. The van der Waals surface area contributed by atoms with Gasteiger partial charge in [0.2, 0.25) is 34.7 Å². The molecule has 5 aliphatic heterocycles. The molecule has 0 bridgehead atoms. The van der Waals surface area contributed by atoms with Crippen LogP contribution in [0.1, 0.15) is 68.9 Å². The second-order valence-corrected chi connectivity index (χ2v) is 26.6. The summed E-state index contributed by atoms with van der Waals surface area (Å²) in [6, 6.07) is 46.4. The third-order valence-electron chi connectivity index (χ3n) is 19.3. The molecule has 0 amide bonds. The summed E-state index contributed by atoms with van der Waals surface area (Å²) in [4.78, 5) is 34.5. The molecule has 0 spiro atoms. The molecular formula is C81H79B5N10O5. The highest BCUT2D eigenvalue weighted by atomic mass is 16.5. The molecule has 20 heteroatoms. The second-order valence-electron chi connectivity index (χ2n) is 26.6. The minimum Gasteiger partial charge on any atom is -0.457 e. The monoisotopic (exact) mass is 1330 g/mol. The van der Waals surface area contributed by atoms with E-state index in [1.165, 1.54) is 92.9 Å². The average Bonchev–Trinajstić information content (AvgIpc) is 1.75. The van der Waals surface area contributed by atoms with Crippen molar-refractivity contribution in [3.8, 4) is 64.2 Å². The molecule has 0 fully saturated rings. The van der Waals surface area contributed by atoms with Gasteiger partial charge in [-0.15, -0.1) is 0 Å². The average molecular weight is 1330 g/mol. The number of aromatic nitrogens is 5. The van der Waals surface area contributed by atoms with Gasteiger partial charge in [0.1, 0.15) is 46.1 Å². The quantitative estimate of drug-likeness (QED) is 0.0950. The Morgan fingerprint density at radius 3 is 1.26 bits per heavy atom. The Morgan fingerprint density at radius 1 is 0.396 bits per heavy atom. The van der Waals surface area contributed by atoms with E-state index in [1.54, 1.807) is 37.5 Å². The highest BCUT2D eigenvalue weighted by molar-refractivity contribution is 6.75. The first-order chi connectivity index (χ1) is 48.3. The summed E-state index contributed by atoms with van der Waals surface area (Å²) in [5.41, 5.74) is 20.9. The standard InChI is InChI=1S/C17H16BNO.3C16H15BN2O.C15H14BN3O.CH4/c1-12-10-14(19-3)4-7-17(12)20-15-5-6-16-13(11-15)8-9-18(16)2;1-11-8-13(18-3)10-19-16(11)20-14-4-5-15-12(9-14)6-7-17(15)2;1-11-8-16(19-10-15(11)18-3)20-13-4-5-14-12(9-13)6-7-17(14)2;1-11-3-4-13(10-18)16(19-11)20-14-5-6-15-12(9-14)7-8-17(15)2;1-10-14(17-3)9-18-15(19-10)20-12-4-5-13-11(8-12)6-7-16(13)2;/h4-7,10-11H,8-9H2,1-2H3;2*4-5,8-10H,6-7H2,1-2H3;3-6,9H,7-8H2,1-2H3;4-5,8-9H,6-7H2,1-2H3;1H4. The highest BCUT2D eigenvalue weighted by Gasteiger charge is 2.27. The number of fused-ring (bicyclic) bond motifs is 5. The van der Waals surface area contributed by atoms with E-state index in [0.717, 1.165) is 89.0 Å². The van der Waals surface area contributed by atoms with Crippen molar-refractivity contribution in [1.82, 2.24) is 24.9 Å². The predicted octanol–water partition coefficient (Wildman–Crippen LogP) is 18.1. The smallest absolute Gasteiger partial charge is 0.319 e. The lowest BCUT2D eigenvalue weighted by atomic mass is 9.48. The van der Waals surface area contributed by atoms with Crippen LogP contribution < -0.4 is 51.0 Å². The van der Waals surface area contributed by atoms with Gasteiger partial charge in [0.05, 0.1) is 32.0 Å². The van der Waals surface area contributed by atoms with E-state index in [9.17, 15) is 0 Å². The van der Waals surface area contributed by atoms with Crippen LogP contribution in [0.3, 0.4) is 0 Å². The number of nitriles is 1. The maximum Gasteiger partial charge on any atom is 0.319 e. The topological polar surface area (TPSA) is 152 Å². The van der Waals surface area contributed by atoms with Gasteiger partial charge in [-0.25, -0.2) is 44.3 Å². The van der Waals surface area contributed by atoms with Crippen LogP contribution in [-0.4, -0.2) is 58.5 Å². The van der Waals surface area contributed by atoms with Crippen molar-refractivity contribution >= 4 is 83.6 Å². The Kier molecular flexibility index (Phi) is 23.6. The minimum atomic E-state index is 0. The fourth-order valence-corrected chi connectivity index (χ4v) is 13.5. The summed E-state index contributed by atoms with van der Waals surface area (Å²) < 4.78 is 29.1. The summed E-state index contributed by atoms with van der Waals surface area (Å²) in [6.45, 7) is 52.0. The van der Waals surface area contributed by atoms with E-state index in [2.05, 4.69) is 145 Å². The largest absolute Gasteiger partial charge is 0.457 e. The van der Waals surface area contributed by atoms with Gasteiger partial charge in [-0.2, -0.15) is 5.26 Å². The number of pyridine rings is 3. The van der Waals surface area contributed by atoms with Gasteiger partial charge in [0.15, 0.2) is 39.3 Å². The number of aryl methyl sites for hydroxylation is 10. The Hall–Kier alpha value is -11.4. The molecule has 0 atom stereocenters. The number of hydrogen-bond acceptors (Lipinski definition) is 11. The summed E-state index contributed by atoms with van der Waals surface area (Å²) in [5, 5.41) is 9.11. The number of hydrogen-bond donors (Lipinski definition) is 0. The Balaban J connectivity index is 0.000000136. The molecule has 15 nitrogen and oxygen atoms in total. The molecular weight excluding hydrogens is 1250 g/mol. The van der Waals surface area contributed by atoms with Gasteiger partial charge in [0.25, 0.3) is 0 Å². The van der Waals surface area contributed by atoms with Gasteiger partial charge in [0, 0.05) is 29.8 Å². The second kappa shape index (κ2) is 33.0. The molecule has 9 heterocycles. The zero-order chi connectivity index (χ0) is 70.6. The molecule has 0 unspecified atom stereocenters. The lowest BCUT2D eigenvalue weighted by Gasteiger charge is -2.11. The van der Waals surface area contributed by atoms with Crippen LogP contribution in [-0.2, 0) is 32.1 Å². The fraction of sp³-hybridized carbons (Fsp3) is 0.259. The van der Waals surface area contributed by atoms with Gasteiger partial charge in [-0.3, -0.25) is 0 Å². The summed E-state index contributed by atoms with van der Waals surface area (Å²) in [7, 11) is 0. The number of benzene rings is 6. The molecule has 0 radical (unpaired) electrons. The highest BCUT2D eigenvalue weighted by Crippen LogP contribution is 2.34. The molecule has 6 aromatic carbocycles. The maximum absolute atomic E-state index is 9.11. The van der Waals surface area contributed by atoms with Crippen LogP contribution >= 0.6 is 0 Å². The van der Waals surface area contributed by atoms with E-state index in [0.29, 0.717) is 91.2 Å². The molecule has 4 aromatic heterocycles. The Bertz CT molecular complexity index is 4710. The maximum atomic E-state index is 9.11. The molecule has 0 N–H and O–H groups in total. The van der Waals surface area contributed by atoms with E-state index < -0.39 is 0 Å². The van der Waals surface area contributed by atoms with Gasteiger partial charge in [-0.1, -0.05) is 165 Å². The van der Waals surface area contributed by atoms with Crippen molar-refractivity contribution in [1.29, 1.82) is 5.26 Å². The SMILES string of the molecule is C.CB1CCc2cc(Oc3nc(C)ccc3C#N)ccc21.[C-]#[N+]c1ccc(Oc2ccc3c(c2)CCB3C)c(C)c1.[C-]#[N+]c1cnc(Oc2ccc3c(c2)CCB3C)c(C)c1.[C-]#[N+]c1cnc(Oc2ccc3c(c2)CCB3C)cc1C.[C-]#[N+]c1cnc(Oc2ccc3c(c2)CCB3C)nc1C. The van der Waals surface area contributed by atoms with E-state index in [-0.39, 0.29) is 7.43 Å². The van der Waals surface area contributed by atoms with Crippen LogP contribution in [0.5, 0.6) is 58.1 Å². The van der Waals surface area contributed by atoms with Crippen molar-refractivity contribution in [3.63, 3.8) is 0 Å². The zero-order valence-electron chi connectivity index (χ0n) is 58.4. The first kappa shape index (κ1) is 72.4. The Morgan fingerprint density at radius 2 is 0.832 bits per heavy atom. The van der Waals surface area contributed by atoms with Gasteiger partial charge < -0.3 is 23.7 Å². The van der Waals surface area contributed by atoms with Crippen LogP contribution in [0.25, 0.3) is 19.4 Å². The van der Waals surface area contributed by atoms with Crippen molar-refractivity contribution in [2.24, 2.45) is 0 Å². The van der Waals surface area contributed by atoms with Crippen molar-refractivity contribution in [2.45, 2.75) is 140 Å². The van der Waals surface area contributed by atoms with E-state index in [4.69, 9.17) is 55.2 Å². The van der Waals surface area contributed by atoms with Gasteiger partial charge in [-0.05, 0) is 175 Å². The van der Waals surface area contributed by atoms with E-state index in [1.807, 2.05) is 82.3 Å². The van der Waals surface area contributed by atoms with Gasteiger partial charge >= 0.3 is 6.01 Å². The minimum absolute atomic E-state index is 0. The van der Waals surface area contributed by atoms with Crippen LogP contribution in [0, 0.1) is 72.2 Å². The molecule has 101 heavy (non-hydrogen) atoms. The lowest BCUT2D eigenvalue weighted by Crippen LogP contribution is -2.21. The lowest BCUT2D eigenvalue weighted by molar-refractivity contribution is 0.440. The van der Waals surface area contributed by atoms with Crippen LogP contribution in [0.4, 0.5) is 22.7 Å². The fourth-order valence-electron chi connectivity index (χ4n) is 13.5. The van der Waals surface area contributed by atoms with Crippen LogP contribution in [0.15, 0.2) is 152 Å². The normalized spacial score (nSPS) is 12.8. The van der Waals surface area contributed by atoms with Crippen molar-refractivity contribution in [2.75, 3.05) is 0 Å². The molecule has 5 aliphatic rings. The third-order valence-corrected chi connectivity index (χ3v) is 19.3. The summed E-state index contributed by atoms with van der Waals surface area (Å²) in [5.74, 6) is 6.37. The third kappa shape index (κ3) is 17.7. The van der Waals surface area contributed by atoms with Crippen LogP contribution in [0.2, 0.25) is 65.7 Å². The number of rotatable bonds is 10. The number of nitrogens with zero attached hydrogens (tertiary/aromatic N) is 10. The molecule has 15 rings (SSSR count). The predicted molar refractivity (Wildman–Crippen MR) is 413 cm³/mol. The Labute approximate surface area is 597 Å². The molecule has 0 saturated heterocycles. The molecule has 498 valence electrons. The summed E-state index contributed by atoms with van der Waals surface area (Å²) in [6.07, 6.45) is 16.3. The molecule has 0 saturated carbocycles. The van der Waals surface area contributed by atoms with Crippen molar-refractivity contribution < 1.29 is 23.7 Å². The first-order valence-electron chi connectivity index (χ1n) is 34.1. The molecule has 10 aromatic rings. The zero-order valence-corrected chi connectivity index (χ0v) is 58.4. The summed E-state index contributed by atoms with van der Waals surface area (Å²) >= 11 is 0. The number of ether oxygens (including phenoxy) is 5.